The number of halogens is 1. The molecule has 2 aliphatic rings. The van der Waals surface area contributed by atoms with E-state index in [4.69, 9.17) is 11.6 Å². The standard InChI is InChI=1S/C13H12ClN/c1-8-2-4-10-11-7-9(14)3-5-12(11)15-13(10)6-8/h2-7,10,13,15H,1H3. The van der Waals surface area contributed by atoms with Crippen LogP contribution in [0.3, 0.4) is 0 Å². The van der Waals surface area contributed by atoms with E-state index in [0.717, 1.165) is 5.02 Å². The predicted molar refractivity (Wildman–Crippen MR) is 64.5 cm³/mol. The summed E-state index contributed by atoms with van der Waals surface area (Å²) < 4.78 is 0. The van der Waals surface area contributed by atoms with Crippen molar-refractivity contribution >= 4 is 17.3 Å². The Bertz CT molecular complexity index is 473. The highest BCUT2D eigenvalue weighted by atomic mass is 35.5. The number of rotatable bonds is 0. The molecule has 1 N–H and O–H groups in total. The smallest absolute Gasteiger partial charge is 0.0554 e. The number of anilines is 1. The maximum absolute atomic E-state index is 6.02. The number of allylic oxidation sites excluding steroid dienone is 2. The number of hydrogen-bond acceptors (Lipinski definition) is 1. The highest BCUT2D eigenvalue weighted by Crippen LogP contribution is 2.40. The molecule has 0 radical (unpaired) electrons. The van der Waals surface area contributed by atoms with Gasteiger partial charge >= 0.3 is 0 Å². The van der Waals surface area contributed by atoms with Gasteiger partial charge in [0, 0.05) is 16.6 Å². The monoisotopic (exact) mass is 217 g/mol. The summed E-state index contributed by atoms with van der Waals surface area (Å²) in [7, 11) is 0. The Kier molecular flexibility index (Phi) is 1.89. The van der Waals surface area contributed by atoms with E-state index in [1.54, 1.807) is 0 Å². The molecule has 76 valence electrons. The summed E-state index contributed by atoms with van der Waals surface area (Å²) in [6.45, 7) is 2.13. The van der Waals surface area contributed by atoms with Gasteiger partial charge in [-0.05, 0) is 30.7 Å². The van der Waals surface area contributed by atoms with Crippen molar-refractivity contribution in [3.8, 4) is 0 Å². The Morgan fingerprint density at radius 3 is 3.07 bits per heavy atom. The molecule has 1 aromatic carbocycles. The third-order valence-electron chi connectivity index (χ3n) is 3.09. The fourth-order valence-corrected chi connectivity index (χ4v) is 2.55. The van der Waals surface area contributed by atoms with Crippen LogP contribution < -0.4 is 5.32 Å². The molecule has 1 aliphatic heterocycles. The Labute approximate surface area is 94.4 Å². The third kappa shape index (κ3) is 1.38. The number of benzene rings is 1. The molecule has 3 rings (SSSR count). The topological polar surface area (TPSA) is 12.0 Å². The van der Waals surface area contributed by atoms with E-state index < -0.39 is 0 Å². The van der Waals surface area contributed by atoms with Crippen molar-refractivity contribution in [2.75, 3.05) is 5.32 Å². The van der Waals surface area contributed by atoms with Crippen LogP contribution in [0.25, 0.3) is 0 Å². The van der Waals surface area contributed by atoms with E-state index >= 15 is 0 Å². The molecule has 0 spiro atoms. The van der Waals surface area contributed by atoms with Crippen molar-refractivity contribution in [3.63, 3.8) is 0 Å². The van der Waals surface area contributed by atoms with E-state index in [-0.39, 0.29) is 0 Å². The SMILES string of the molecule is CC1=CC2Nc3ccc(Cl)cc3C2C=C1. The Hall–Kier alpha value is -1.21. The first kappa shape index (κ1) is 9.05. The van der Waals surface area contributed by atoms with Gasteiger partial charge in [-0.15, -0.1) is 0 Å². The van der Waals surface area contributed by atoms with E-state index in [2.05, 4.69) is 42.6 Å². The van der Waals surface area contributed by atoms with Crippen molar-refractivity contribution in [2.24, 2.45) is 0 Å². The summed E-state index contributed by atoms with van der Waals surface area (Å²) in [6, 6.07) is 6.47. The zero-order valence-electron chi connectivity index (χ0n) is 8.50. The molecule has 2 atom stereocenters. The molecular formula is C13H12ClN. The quantitative estimate of drug-likeness (QED) is 0.698. The fourth-order valence-electron chi connectivity index (χ4n) is 2.37. The van der Waals surface area contributed by atoms with Gasteiger partial charge in [0.2, 0.25) is 0 Å². The summed E-state index contributed by atoms with van der Waals surface area (Å²) in [5.41, 5.74) is 3.85. The molecule has 2 unspecified atom stereocenters. The second-order valence-corrected chi connectivity index (χ2v) is 4.63. The minimum absolute atomic E-state index is 0.406. The van der Waals surface area contributed by atoms with Crippen molar-refractivity contribution in [1.29, 1.82) is 0 Å². The van der Waals surface area contributed by atoms with Gasteiger partial charge in [0.15, 0.2) is 0 Å². The Morgan fingerprint density at radius 2 is 2.20 bits per heavy atom. The minimum atomic E-state index is 0.406. The van der Waals surface area contributed by atoms with Crippen LogP contribution in [0.2, 0.25) is 5.02 Å². The molecule has 15 heavy (non-hydrogen) atoms. The molecule has 0 aromatic heterocycles. The average molecular weight is 218 g/mol. The van der Waals surface area contributed by atoms with Crippen LogP contribution in [0.5, 0.6) is 0 Å². The van der Waals surface area contributed by atoms with Gasteiger partial charge in [-0.2, -0.15) is 0 Å². The van der Waals surface area contributed by atoms with Crippen LogP contribution in [0.1, 0.15) is 18.4 Å². The average Bonchev–Trinajstić information content (AvgIpc) is 2.54. The lowest BCUT2D eigenvalue weighted by molar-refractivity contribution is 0.797. The zero-order chi connectivity index (χ0) is 10.4. The number of hydrogen-bond donors (Lipinski definition) is 1. The van der Waals surface area contributed by atoms with Crippen LogP contribution in [-0.4, -0.2) is 6.04 Å². The summed E-state index contributed by atoms with van der Waals surface area (Å²) in [5, 5.41) is 4.32. The van der Waals surface area contributed by atoms with E-state index in [1.807, 2.05) is 6.07 Å². The Morgan fingerprint density at radius 1 is 1.33 bits per heavy atom. The summed E-state index contributed by atoms with van der Waals surface area (Å²) in [6.07, 6.45) is 6.71. The second-order valence-electron chi connectivity index (χ2n) is 4.20. The van der Waals surface area contributed by atoms with E-state index in [0.29, 0.717) is 12.0 Å². The molecule has 1 aromatic rings. The number of fused-ring (bicyclic) bond motifs is 3. The van der Waals surface area contributed by atoms with Gasteiger partial charge in [0.25, 0.3) is 0 Å². The van der Waals surface area contributed by atoms with Crippen LogP contribution in [0.4, 0.5) is 5.69 Å². The zero-order valence-corrected chi connectivity index (χ0v) is 9.25. The Balaban J connectivity index is 2.08. The second kappa shape index (κ2) is 3.14. The molecule has 0 saturated carbocycles. The summed E-state index contributed by atoms with van der Waals surface area (Å²) in [5.74, 6) is 0.447. The van der Waals surface area contributed by atoms with Gasteiger partial charge in [0.1, 0.15) is 0 Å². The maximum atomic E-state index is 6.02. The van der Waals surface area contributed by atoms with Crippen LogP contribution in [-0.2, 0) is 0 Å². The first-order chi connectivity index (χ1) is 7.24. The molecular weight excluding hydrogens is 206 g/mol. The maximum Gasteiger partial charge on any atom is 0.0554 e. The molecule has 0 amide bonds. The van der Waals surface area contributed by atoms with E-state index in [1.165, 1.54) is 16.8 Å². The van der Waals surface area contributed by atoms with Gasteiger partial charge in [-0.1, -0.05) is 35.4 Å². The molecule has 0 fully saturated rings. The molecule has 1 aliphatic carbocycles. The van der Waals surface area contributed by atoms with Crippen molar-refractivity contribution < 1.29 is 0 Å². The normalized spacial score (nSPS) is 26.7. The highest BCUT2D eigenvalue weighted by Gasteiger charge is 2.30. The molecule has 2 heteroatoms. The number of nitrogens with one attached hydrogen (secondary N) is 1. The van der Waals surface area contributed by atoms with Crippen LogP contribution in [0.15, 0.2) is 42.0 Å². The van der Waals surface area contributed by atoms with Gasteiger partial charge < -0.3 is 5.32 Å². The first-order valence-electron chi connectivity index (χ1n) is 5.17. The van der Waals surface area contributed by atoms with Crippen molar-refractivity contribution in [2.45, 2.75) is 18.9 Å². The van der Waals surface area contributed by atoms with Crippen molar-refractivity contribution in [3.05, 3.63) is 52.6 Å². The van der Waals surface area contributed by atoms with Crippen LogP contribution >= 0.6 is 11.6 Å². The summed E-state index contributed by atoms with van der Waals surface area (Å²) in [4.78, 5) is 0. The predicted octanol–water partition coefficient (Wildman–Crippen LogP) is 3.73. The van der Waals surface area contributed by atoms with Gasteiger partial charge in [0.05, 0.1) is 6.04 Å². The first-order valence-corrected chi connectivity index (χ1v) is 5.54. The minimum Gasteiger partial charge on any atom is -0.378 e. The third-order valence-corrected chi connectivity index (χ3v) is 3.33. The van der Waals surface area contributed by atoms with Crippen LogP contribution in [0, 0.1) is 0 Å². The van der Waals surface area contributed by atoms with Crippen molar-refractivity contribution in [1.82, 2.24) is 0 Å². The lowest BCUT2D eigenvalue weighted by atomic mass is 9.89. The van der Waals surface area contributed by atoms with Gasteiger partial charge in [-0.25, -0.2) is 0 Å². The van der Waals surface area contributed by atoms with Gasteiger partial charge in [-0.3, -0.25) is 0 Å². The summed E-state index contributed by atoms with van der Waals surface area (Å²) >= 11 is 6.02. The lowest BCUT2D eigenvalue weighted by Gasteiger charge is -2.18. The fraction of sp³-hybridized carbons (Fsp3) is 0.231. The lowest BCUT2D eigenvalue weighted by Crippen LogP contribution is -2.18. The van der Waals surface area contributed by atoms with E-state index in [9.17, 15) is 0 Å². The highest BCUT2D eigenvalue weighted by molar-refractivity contribution is 6.30. The molecule has 0 bridgehead atoms. The molecule has 1 heterocycles. The molecule has 0 saturated heterocycles. The largest absolute Gasteiger partial charge is 0.378 e. The molecule has 1 nitrogen and oxygen atoms in total.